The first-order chi connectivity index (χ1) is 9.63. The van der Waals surface area contributed by atoms with Crippen molar-refractivity contribution in [2.24, 2.45) is 0 Å². The molecule has 0 saturated carbocycles. The average Bonchev–Trinajstić information content (AvgIpc) is 2.48. The second-order valence-electron chi connectivity index (χ2n) is 4.57. The molecule has 1 unspecified atom stereocenters. The minimum absolute atomic E-state index is 0.0708. The summed E-state index contributed by atoms with van der Waals surface area (Å²) in [7, 11) is 3.42. The molecule has 0 amide bonds. The topological polar surface area (TPSA) is 21.3 Å². The summed E-state index contributed by atoms with van der Waals surface area (Å²) in [5, 5.41) is 3.12. The smallest absolute Gasteiger partial charge is 0.159 e. The van der Waals surface area contributed by atoms with Crippen LogP contribution in [-0.2, 0) is 6.42 Å². The predicted molar refractivity (Wildman–Crippen MR) is 74.9 cm³/mol. The van der Waals surface area contributed by atoms with Crippen molar-refractivity contribution in [1.82, 2.24) is 5.32 Å². The molecule has 0 aliphatic carbocycles. The summed E-state index contributed by atoms with van der Waals surface area (Å²) >= 11 is 0. The Kier molecular flexibility index (Phi) is 4.69. The zero-order chi connectivity index (χ0) is 14.5. The number of methoxy groups -OCH3 is 1. The van der Waals surface area contributed by atoms with E-state index >= 15 is 0 Å². The summed E-state index contributed by atoms with van der Waals surface area (Å²) in [6.07, 6.45) is 0.686. The monoisotopic (exact) mass is 277 g/mol. The molecule has 4 heteroatoms. The summed E-state index contributed by atoms with van der Waals surface area (Å²) in [5.74, 6) is -0.854. The summed E-state index contributed by atoms with van der Waals surface area (Å²) in [4.78, 5) is 0. The van der Waals surface area contributed by atoms with E-state index in [1.54, 1.807) is 20.2 Å². The summed E-state index contributed by atoms with van der Waals surface area (Å²) in [6, 6.07) is 11.6. The quantitative estimate of drug-likeness (QED) is 0.903. The first-order valence-electron chi connectivity index (χ1n) is 6.39. The van der Waals surface area contributed by atoms with Gasteiger partial charge in [0, 0.05) is 6.04 Å². The molecule has 0 bridgehead atoms. The highest BCUT2D eigenvalue weighted by molar-refractivity contribution is 5.29. The Hall–Kier alpha value is -1.94. The molecule has 2 aromatic carbocycles. The van der Waals surface area contributed by atoms with Gasteiger partial charge in [-0.15, -0.1) is 0 Å². The van der Waals surface area contributed by atoms with Gasteiger partial charge in [-0.3, -0.25) is 0 Å². The molecule has 0 spiro atoms. The Morgan fingerprint density at radius 3 is 2.30 bits per heavy atom. The van der Waals surface area contributed by atoms with Crippen molar-refractivity contribution in [3.8, 4) is 5.75 Å². The Morgan fingerprint density at radius 2 is 1.75 bits per heavy atom. The van der Waals surface area contributed by atoms with Gasteiger partial charge in [0.25, 0.3) is 0 Å². The number of likely N-dealkylation sites (N-methyl/N-ethyl adjacent to an activating group) is 1. The number of benzene rings is 2. The molecule has 20 heavy (non-hydrogen) atoms. The fourth-order valence-corrected chi connectivity index (χ4v) is 2.11. The van der Waals surface area contributed by atoms with E-state index in [9.17, 15) is 8.78 Å². The minimum atomic E-state index is -0.826. The highest BCUT2D eigenvalue weighted by atomic mass is 19.2. The lowest BCUT2D eigenvalue weighted by Crippen LogP contribution is -2.19. The minimum Gasteiger partial charge on any atom is -0.497 e. The summed E-state index contributed by atoms with van der Waals surface area (Å²) in [6.45, 7) is 0. The largest absolute Gasteiger partial charge is 0.497 e. The molecule has 0 fully saturated rings. The molecular formula is C16H17F2NO. The highest BCUT2D eigenvalue weighted by Crippen LogP contribution is 2.21. The molecule has 2 rings (SSSR count). The second kappa shape index (κ2) is 6.48. The molecule has 1 atom stereocenters. The van der Waals surface area contributed by atoms with Crippen molar-refractivity contribution in [3.05, 3.63) is 65.2 Å². The molecular weight excluding hydrogens is 260 g/mol. The van der Waals surface area contributed by atoms with Gasteiger partial charge in [-0.2, -0.15) is 0 Å². The van der Waals surface area contributed by atoms with E-state index in [1.165, 1.54) is 6.07 Å². The zero-order valence-electron chi connectivity index (χ0n) is 11.5. The molecule has 0 aromatic heterocycles. The Labute approximate surface area is 117 Å². The van der Waals surface area contributed by atoms with E-state index in [-0.39, 0.29) is 6.04 Å². The average molecular weight is 277 g/mol. The standard InChI is InChI=1S/C16H17F2NO/c1-19-16(12-5-8-14(17)15(18)10-12)9-11-3-6-13(20-2)7-4-11/h3-8,10,16,19H,9H2,1-2H3. The van der Waals surface area contributed by atoms with E-state index in [4.69, 9.17) is 4.74 Å². The molecule has 0 heterocycles. The molecule has 2 aromatic rings. The molecule has 1 N–H and O–H groups in total. The second-order valence-corrected chi connectivity index (χ2v) is 4.57. The van der Waals surface area contributed by atoms with Crippen molar-refractivity contribution in [2.45, 2.75) is 12.5 Å². The third-order valence-corrected chi connectivity index (χ3v) is 3.29. The van der Waals surface area contributed by atoms with Crippen molar-refractivity contribution in [2.75, 3.05) is 14.2 Å². The Balaban J connectivity index is 2.16. The molecule has 106 valence electrons. The van der Waals surface area contributed by atoms with Gasteiger partial charge in [-0.05, 0) is 48.9 Å². The Bertz CT molecular complexity index is 569. The third kappa shape index (κ3) is 3.33. The maximum absolute atomic E-state index is 13.3. The Morgan fingerprint density at radius 1 is 1.05 bits per heavy atom. The van der Waals surface area contributed by atoms with Gasteiger partial charge in [-0.1, -0.05) is 18.2 Å². The van der Waals surface area contributed by atoms with Gasteiger partial charge < -0.3 is 10.1 Å². The predicted octanol–water partition coefficient (Wildman–Crippen LogP) is 3.48. The SMILES string of the molecule is CNC(Cc1ccc(OC)cc1)c1ccc(F)c(F)c1. The first-order valence-corrected chi connectivity index (χ1v) is 6.39. The number of halogens is 2. The lowest BCUT2D eigenvalue weighted by Gasteiger charge is -2.17. The van der Waals surface area contributed by atoms with Crippen LogP contribution >= 0.6 is 0 Å². The van der Waals surface area contributed by atoms with Crippen LogP contribution in [0.15, 0.2) is 42.5 Å². The van der Waals surface area contributed by atoms with Gasteiger partial charge in [0.2, 0.25) is 0 Å². The van der Waals surface area contributed by atoms with Crippen LogP contribution in [0.5, 0.6) is 5.75 Å². The number of nitrogens with one attached hydrogen (secondary N) is 1. The van der Waals surface area contributed by atoms with Crippen molar-refractivity contribution in [3.63, 3.8) is 0 Å². The van der Waals surface area contributed by atoms with Crippen molar-refractivity contribution >= 4 is 0 Å². The third-order valence-electron chi connectivity index (χ3n) is 3.29. The van der Waals surface area contributed by atoms with E-state index < -0.39 is 11.6 Å². The number of hydrogen-bond donors (Lipinski definition) is 1. The molecule has 2 nitrogen and oxygen atoms in total. The van der Waals surface area contributed by atoms with Gasteiger partial charge in [0.1, 0.15) is 5.75 Å². The number of ether oxygens (including phenoxy) is 1. The van der Waals surface area contributed by atoms with Crippen molar-refractivity contribution in [1.29, 1.82) is 0 Å². The zero-order valence-corrected chi connectivity index (χ0v) is 11.5. The van der Waals surface area contributed by atoms with E-state index in [1.807, 2.05) is 24.3 Å². The maximum atomic E-state index is 13.3. The van der Waals surface area contributed by atoms with Crippen molar-refractivity contribution < 1.29 is 13.5 Å². The van der Waals surface area contributed by atoms with Crippen LogP contribution < -0.4 is 10.1 Å². The van der Waals surface area contributed by atoms with E-state index in [2.05, 4.69) is 5.32 Å². The highest BCUT2D eigenvalue weighted by Gasteiger charge is 2.12. The summed E-state index contributed by atoms with van der Waals surface area (Å²) < 4.78 is 31.4. The fourth-order valence-electron chi connectivity index (χ4n) is 2.11. The molecule has 0 radical (unpaired) electrons. The fraction of sp³-hybridized carbons (Fsp3) is 0.250. The van der Waals surface area contributed by atoms with Crippen LogP contribution in [0.2, 0.25) is 0 Å². The van der Waals surface area contributed by atoms with E-state index in [0.717, 1.165) is 22.9 Å². The summed E-state index contributed by atoms with van der Waals surface area (Å²) in [5.41, 5.74) is 1.82. The first kappa shape index (κ1) is 14.5. The van der Waals surface area contributed by atoms with Crippen LogP contribution in [0.25, 0.3) is 0 Å². The molecule has 0 saturated heterocycles. The van der Waals surface area contributed by atoms with Gasteiger partial charge >= 0.3 is 0 Å². The van der Waals surface area contributed by atoms with Crippen LogP contribution in [0.3, 0.4) is 0 Å². The van der Waals surface area contributed by atoms with Crippen LogP contribution in [0, 0.1) is 11.6 Å². The van der Waals surface area contributed by atoms with Gasteiger partial charge in [0.05, 0.1) is 7.11 Å². The van der Waals surface area contributed by atoms with Crippen LogP contribution in [0.1, 0.15) is 17.2 Å². The lowest BCUT2D eigenvalue weighted by molar-refractivity contribution is 0.414. The number of rotatable bonds is 5. The van der Waals surface area contributed by atoms with Gasteiger partial charge in [0.15, 0.2) is 11.6 Å². The molecule has 0 aliphatic rings. The lowest BCUT2D eigenvalue weighted by atomic mass is 9.99. The molecule has 0 aliphatic heterocycles. The van der Waals surface area contributed by atoms with E-state index in [0.29, 0.717) is 6.42 Å². The van der Waals surface area contributed by atoms with Gasteiger partial charge in [-0.25, -0.2) is 8.78 Å². The van der Waals surface area contributed by atoms with Crippen LogP contribution in [-0.4, -0.2) is 14.2 Å². The maximum Gasteiger partial charge on any atom is 0.159 e. The number of hydrogen-bond acceptors (Lipinski definition) is 2. The van der Waals surface area contributed by atoms with Crippen LogP contribution in [0.4, 0.5) is 8.78 Å². The normalized spacial score (nSPS) is 12.2.